The third kappa shape index (κ3) is 5.30. The predicted molar refractivity (Wildman–Crippen MR) is 66.6 cm³/mol. The van der Waals surface area contributed by atoms with Crippen molar-refractivity contribution in [3.63, 3.8) is 0 Å². The average molecular weight is 259 g/mol. The van der Waals surface area contributed by atoms with Crippen LogP contribution in [0.4, 0.5) is 4.79 Å². The Morgan fingerprint density at radius 3 is 2.29 bits per heavy atom. The fourth-order valence-corrected chi connectivity index (χ4v) is 1.15. The first-order valence-corrected chi connectivity index (χ1v) is 4.73. The van der Waals surface area contributed by atoms with Gasteiger partial charge in [-0.3, -0.25) is 21.0 Å². The number of primary amides is 1. The number of benzene rings is 1. The molecule has 1 rings (SSSR count). The van der Waals surface area contributed by atoms with Crippen molar-refractivity contribution in [1.82, 2.24) is 16.2 Å². The Bertz CT molecular complexity index is 380. The van der Waals surface area contributed by atoms with E-state index in [1.54, 1.807) is 31.3 Å². The number of hydrogen-bond donors (Lipinski definition) is 4. The van der Waals surface area contributed by atoms with Crippen molar-refractivity contribution in [3.05, 3.63) is 35.4 Å². The topological polar surface area (TPSA) is 96.2 Å². The highest BCUT2D eigenvalue weighted by Crippen LogP contribution is 2.03. The first kappa shape index (κ1) is 15.4. The molecule has 3 amide bonds. The number of imide groups is 1. The second kappa shape index (κ2) is 7.61. The molecule has 0 aliphatic rings. The summed E-state index contributed by atoms with van der Waals surface area (Å²) in [6.45, 7) is 0.647. The van der Waals surface area contributed by atoms with Crippen molar-refractivity contribution in [2.45, 2.75) is 6.54 Å². The molecule has 0 atom stereocenters. The summed E-state index contributed by atoms with van der Waals surface area (Å²) in [5.74, 6) is -0.499. The molecular formula is C10H15ClN4O2. The number of halogens is 1. The molecule has 1 aromatic carbocycles. The number of hydrazine groups is 1. The van der Waals surface area contributed by atoms with E-state index in [-0.39, 0.29) is 12.4 Å². The van der Waals surface area contributed by atoms with Crippen molar-refractivity contribution >= 4 is 24.3 Å². The maximum Gasteiger partial charge on any atom is 0.319 e. The molecule has 5 N–H and O–H groups in total. The minimum Gasteiger partial charge on any atom is -0.351 e. The van der Waals surface area contributed by atoms with Gasteiger partial charge in [0.1, 0.15) is 0 Å². The molecule has 1 aromatic rings. The standard InChI is InChI=1S/C10H14N4O2.ClH/c1-12-13-6-7-2-4-8(5-3-7)9(15)14-10(11)16;/h2-5,12-13H,6H2,1H3,(H3,11,14,15,16);1H. The van der Waals surface area contributed by atoms with Gasteiger partial charge in [0.15, 0.2) is 0 Å². The van der Waals surface area contributed by atoms with Crippen LogP contribution in [0.5, 0.6) is 0 Å². The van der Waals surface area contributed by atoms with Crippen LogP contribution in [0.15, 0.2) is 24.3 Å². The Labute approximate surface area is 105 Å². The lowest BCUT2D eigenvalue weighted by Gasteiger charge is -2.04. The van der Waals surface area contributed by atoms with Crippen molar-refractivity contribution in [3.8, 4) is 0 Å². The summed E-state index contributed by atoms with van der Waals surface area (Å²) in [4.78, 5) is 21.8. The first-order valence-electron chi connectivity index (χ1n) is 4.73. The molecule has 0 spiro atoms. The van der Waals surface area contributed by atoms with Crippen LogP contribution in [0, 0.1) is 0 Å². The zero-order chi connectivity index (χ0) is 12.0. The van der Waals surface area contributed by atoms with E-state index in [2.05, 4.69) is 10.9 Å². The number of amides is 3. The van der Waals surface area contributed by atoms with E-state index >= 15 is 0 Å². The lowest BCUT2D eigenvalue weighted by atomic mass is 10.1. The highest BCUT2D eigenvalue weighted by molar-refractivity contribution is 6.03. The fraction of sp³-hybridized carbons (Fsp3) is 0.200. The Hall–Kier alpha value is -1.63. The molecule has 94 valence electrons. The minimum atomic E-state index is -0.856. The average Bonchev–Trinajstić information content (AvgIpc) is 2.26. The fourth-order valence-electron chi connectivity index (χ4n) is 1.15. The summed E-state index contributed by atoms with van der Waals surface area (Å²) in [7, 11) is 1.77. The van der Waals surface area contributed by atoms with E-state index in [0.29, 0.717) is 12.1 Å². The van der Waals surface area contributed by atoms with Crippen LogP contribution >= 0.6 is 12.4 Å². The van der Waals surface area contributed by atoms with Gasteiger partial charge >= 0.3 is 6.03 Å². The number of urea groups is 1. The van der Waals surface area contributed by atoms with Gasteiger partial charge in [-0.05, 0) is 24.7 Å². The van der Waals surface area contributed by atoms with Gasteiger partial charge in [-0.2, -0.15) is 0 Å². The van der Waals surface area contributed by atoms with Crippen LogP contribution in [0.3, 0.4) is 0 Å². The van der Waals surface area contributed by atoms with E-state index in [1.165, 1.54) is 0 Å². The molecule has 0 fully saturated rings. The van der Waals surface area contributed by atoms with Gasteiger partial charge in [0, 0.05) is 12.1 Å². The SMILES string of the molecule is CNNCc1ccc(C(=O)NC(N)=O)cc1.Cl. The van der Waals surface area contributed by atoms with Crippen molar-refractivity contribution in [1.29, 1.82) is 0 Å². The number of carbonyl (C=O) groups is 2. The third-order valence-electron chi connectivity index (χ3n) is 1.92. The highest BCUT2D eigenvalue weighted by atomic mass is 35.5. The summed E-state index contributed by atoms with van der Waals surface area (Å²) in [6, 6.07) is 5.99. The Kier molecular flexibility index (Phi) is 6.88. The number of hydrogen-bond acceptors (Lipinski definition) is 4. The van der Waals surface area contributed by atoms with Gasteiger partial charge in [0.05, 0.1) is 0 Å². The number of nitrogens with one attached hydrogen (secondary N) is 3. The summed E-state index contributed by atoms with van der Waals surface area (Å²) in [6.07, 6.45) is 0. The van der Waals surface area contributed by atoms with Gasteiger partial charge in [-0.1, -0.05) is 12.1 Å². The lowest BCUT2D eigenvalue weighted by Crippen LogP contribution is -2.34. The molecule has 0 heterocycles. The molecule has 6 nitrogen and oxygen atoms in total. The van der Waals surface area contributed by atoms with Crippen molar-refractivity contribution < 1.29 is 9.59 Å². The van der Waals surface area contributed by atoms with E-state index < -0.39 is 11.9 Å². The Morgan fingerprint density at radius 2 is 1.82 bits per heavy atom. The van der Waals surface area contributed by atoms with Crippen LogP contribution in [0.2, 0.25) is 0 Å². The van der Waals surface area contributed by atoms with Gasteiger partial charge in [-0.15, -0.1) is 12.4 Å². The quantitative estimate of drug-likeness (QED) is 0.578. The number of carbonyl (C=O) groups excluding carboxylic acids is 2. The Morgan fingerprint density at radius 1 is 1.24 bits per heavy atom. The molecule has 7 heteroatoms. The molecule has 0 aliphatic heterocycles. The first-order chi connectivity index (χ1) is 7.63. The van der Waals surface area contributed by atoms with Crippen molar-refractivity contribution in [2.24, 2.45) is 5.73 Å². The minimum absolute atomic E-state index is 0. The second-order valence-corrected chi connectivity index (χ2v) is 3.12. The monoisotopic (exact) mass is 258 g/mol. The molecule has 0 bridgehead atoms. The van der Waals surface area contributed by atoms with Gasteiger partial charge in [0.2, 0.25) is 0 Å². The summed E-state index contributed by atoms with van der Waals surface area (Å²) >= 11 is 0. The van der Waals surface area contributed by atoms with Gasteiger partial charge in [0.25, 0.3) is 5.91 Å². The lowest BCUT2D eigenvalue weighted by molar-refractivity contribution is 0.0966. The highest BCUT2D eigenvalue weighted by Gasteiger charge is 2.06. The summed E-state index contributed by atoms with van der Waals surface area (Å²) in [5, 5.41) is 1.99. The third-order valence-corrected chi connectivity index (χ3v) is 1.92. The molecule has 0 aromatic heterocycles. The molecule has 0 radical (unpaired) electrons. The molecule has 0 unspecified atom stereocenters. The van der Waals surface area contributed by atoms with Gasteiger partial charge < -0.3 is 5.73 Å². The summed E-state index contributed by atoms with van der Waals surface area (Å²) < 4.78 is 0. The molecule has 0 saturated heterocycles. The van der Waals surface area contributed by atoms with Crippen LogP contribution in [0.25, 0.3) is 0 Å². The van der Waals surface area contributed by atoms with Crippen molar-refractivity contribution in [2.75, 3.05) is 7.05 Å². The van der Waals surface area contributed by atoms with Crippen LogP contribution in [0.1, 0.15) is 15.9 Å². The number of rotatable bonds is 4. The van der Waals surface area contributed by atoms with Gasteiger partial charge in [-0.25, -0.2) is 4.79 Å². The van der Waals surface area contributed by atoms with E-state index in [1.807, 2.05) is 5.32 Å². The van der Waals surface area contributed by atoms with Crippen LogP contribution in [-0.2, 0) is 6.54 Å². The molecular weight excluding hydrogens is 244 g/mol. The zero-order valence-electron chi connectivity index (χ0n) is 9.32. The maximum atomic E-state index is 11.3. The van der Waals surface area contributed by atoms with E-state index in [9.17, 15) is 9.59 Å². The number of nitrogens with two attached hydrogens (primary N) is 1. The zero-order valence-corrected chi connectivity index (χ0v) is 10.1. The second-order valence-electron chi connectivity index (χ2n) is 3.12. The normalized spacial score (nSPS) is 9.24. The van der Waals surface area contributed by atoms with Crippen LogP contribution < -0.4 is 21.9 Å². The largest absolute Gasteiger partial charge is 0.351 e. The molecule has 17 heavy (non-hydrogen) atoms. The van der Waals surface area contributed by atoms with Crippen LogP contribution in [-0.4, -0.2) is 19.0 Å². The maximum absolute atomic E-state index is 11.3. The smallest absolute Gasteiger partial charge is 0.319 e. The van der Waals surface area contributed by atoms with E-state index in [0.717, 1.165) is 5.56 Å². The predicted octanol–water partition coefficient (Wildman–Crippen LogP) is 0.141. The van der Waals surface area contributed by atoms with E-state index in [4.69, 9.17) is 5.73 Å². The Balaban J connectivity index is 0.00000256. The summed E-state index contributed by atoms with van der Waals surface area (Å²) in [5.41, 5.74) is 12.0. The molecule has 0 saturated carbocycles. The molecule has 0 aliphatic carbocycles.